The zero-order chi connectivity index (χ0) is 19.4. The molecule has 0 aromatic heterocycles. The van der Waals surface area contributed by atoms with E-state index in [9.17, 15) is 14.9 Å². The van der Waals surface area contributed by atoms with E-state index in [0.29, 0.717) is 42.0 Å². The summed E-state index contributed by atoms with van der Waals surface area (Å²) < 4.78 is 10.4. The van der Waals surface area contributed by atoms with E-state index >= 15 is 0 Å². The van der Waals surface area contributed by atoms with Crippen LogP contribution in [0.5, 0.6) is 11.5 Å². The molecular formula is C19H27N3O5. The molecule has 1 aromatic carbocycles. The molecule has 0 bridgehead atoms. The Bertz CT molecular complexity index is 695. The fourth-order valence-electron chi connectivity index (χ4n) is 4.25. The number of nitrogens with one attached hydrogen (secondary N) is 2. The first kappa shape index (κ1) is 19.4. The minimum atomic E-state index is -0.442. The first-order valence-electron chi connectivity index (χ1n) is 9.46. The predicted octanol–water partition coefficient (Wildman–Crippen LogP) is 2.19. The number of methoxy groups -OCH3 is 2. The number of nitro groups is 1. The highest BCUT2D eigenvalue weighted by Crippen LogP contribution is 2.35. The monoisotopic (exact) mass is 377 g/mol. The van der Waals surface area contributed by atoms with Gasteiger partial charge in [-0.3, -0.25) is 14.9 Å². The van der Waals surface area contributed by atoms with Crippen molar-refractivity contribution in [1.29, 1.82) is 0 Å². The maximum absolute atomic E-state index is 12.5. The van der Waals surface area contributed by atoms with Crippen molar-refractivity contribution in [2.24, 2.45) is 5.92 Å². The summed E-state index contributed by atoms with van der Waals surface area (Å²) in [5, 5.41) is 17.7. The molecule has 1 saturated carbocycles. The summed E-state index contributed by atoms with van der Waals surface area (Å²) >= 11 is 0. The SMILES string of the molecule is COc1cc(CCNC(=O)C2CC3CCCCC3N2)c([N+](=O)[O-])cc1OC. The largest absolute Gasteiger partial charge is 0.493 e. The molecule has 1 aliphatic carbocycles. The first-order valence-corrected chi connectivity index (χ1v) is 9.46. The van der Waals surface area contributed by atoms with Crippen LogP contribution in [-0.2, 0) is 11.2 Å². The molecule has 2 N–H and O–H groups in total. The standard InChI is InChI=1S/C19H27N3O5/c1-26-17-10-13(16(22(24)25)11-18(17)27-2)7-8-20-19(23)15-9-12-5-3-4-6-14(12)21-15/h10-12,14-15,21H,3-9H2,1-2H3,(H,20,23). The second kappa shape index (κ2) is 8.56. The number of nitro benzene ring substituents is 1. The summed E-state index contributed by atoms with van der Waals surface area (Å²) in [6.45, 7) is 0.336. The summed E-state index contributed by atoms with van der Waals surface area (Å²) in [6, 6.07) is 3.27. The molecule has 2 fully saturated rings. The molecule has 148 valence electrons. The normalized spacial score (nSPS) is 24.1. The van der Waals surface area contributed by atoms with E-state index < -0.39 is 4.92 Å². The quantitative estimate of drug-likeness (QED) is 0.558. The van der Waals surface area contributed by atoms with Gasteiger partial charge in [0.15, 0.2) is 11.5 Å². The van der Waals surface area contributed by atoms with E-state index in [0.717, 1.165) is 12.8 Å². The van der Waals surface area contributed by atoms with E-state index in [2.05, 4.69) is 10.6 Å². The fraction of sp³-hybridized carbons (Fsp3) is 0.632. The number of benzene rings is 1. The van der Waals surface area contributed by atoms with Crippen LogP contribution < -0.4 is 20.1 Å². The van der Waals surface area contributed by atoms with Crippen molar-refractivity contribution < 1.29 is 19.2 Å². The summed E-state index contributed by atoms with van der Waals surface area (Å²) in [5.74, 6) is 1.33. The van der Waals surface area contributed by atoms with Crippen LogP contribution in [0, 0.1) is 16.0 Å². The number of amides is 1. The summed E-state index contributed by atoms with van der Waals surface area (Å²) in [5.41, 5.74) is 0.470. The van der Waals surface area contributed by atoms with Gasteiger partial charge in [0.25, 0.3) is 5.69 Å². The third-order valence-corrected chi connectivity index (χ3v) is 5.65. The Morgan fingerprint density at radius 2 is 1.96 bits per heavy atom. The van der Waals surface area contributed by atoms with Gasteiger partial charge in [0.1, 0.15) is 0 Å². The Morgan fingerprint density at radius 1 is 1.26 bits per heavy atom. The number of nitrogens with zero attached hydrogens (tertiary/aromatic N) is 1. The van der Waals surface area contributed by atoms with Gasteiger partial charge < -0.3 is 20.1 Å². The highest BCUT2D eigenvalue weighted by molar-refractivity contribution is 5.82. The zero-order valence-corrected chi connectivity index (χ0v) is 15.8. The highest BCUT2D eigenvalue weighted by atomic mass is 16.6. The Labute approximate surface area is 158 Å². The van der Waals surface area contributed by atoms with Gasteiger partial charge in [0.2, 0.25) is 5.91 Å². The maximum atomic E-state index is 12.5. The van der Waals surface area contributed by atoms with Crippen LogP contribution in [0.3, 0.4) is 0 Å². The average molecular weight is 377 g/mol. The van der Waals surface area contributed by atoms with Gasteiger partial charge in [0.05, 0.1) is 31.3 Å². The second-order valence-corrected chi connectivity index (χ2v) is 7.24. The lowest BCUT2D eigenvalue weighted by Crippen LogP contribution is -2.43. The summed E-state index contributed by atoms with van der Waals surface area (Å²) in [7, 11) is 2.92. The Balaban J connectivity index is 1.59. The molecule has 0 spiro atoms. The number of carbonyl (C=O) groups is 1. The van der Waals surface area contributed by atoms with Crippen molar-refractivity contribution in [2.75, 3.05) is 20.8 Å². The highest BCUT2D eigenvalue weighted by Gasteiger charge is 2.38. The molecular weight excluding hydrogens is 350 g/mol. The van der Waals surface area contributed by atoms with Crippen molar-refractivity contribution in [1.82, 2.24) is 10.6 Å². The summed E-state index contributed by atoms with van der Waals surface area (Å²) in [6.07, 6.45) is 6.05. The van der Waals surface area contributed by atoms with Crippen LogP contribution >= 0.6 is 0 Å². The number of ether oxygens (including phenoxy) is 2. The molecule has 1 heterocycles. The molecule has 1 aliphatic heterocycles. The number of rotatable bonds is 7. The Morgan fingerprint density at radius 3 is 2.63 bits per heavy atom. The van der Waals surface area contributed by atoms with E-state index in [1.54, 1.807) is 6.07 Å². The second-order valence-electron chi connectivity index (χ2n) is 7.24. The van der Waals surface area contributed by atoms with E-state index in [-0.39, 0.29) is 17.6 Å². The third-order valence-electron chi connectivity index (χ3n) is 5.65. The number of hydrogen-bond acceptors (Lipinski definition) is 6. The fourth-order valence-corrected chi connectivity index (χ4v) is 4.25. The lowest BCUT2D eigenvalue weighted by Gasteiger charge is -2.24. The molecule has 8 nitrogen and oxygen atoms in total. The summed E-state index contributed by atoms with van der Waals surface area (Å²) in [4.78, 5) is 23.4. The van der Waals surface area contributed by atoms with Gasteiger partial charge in [-0.05, 0) is 37.7 Å². The van der Waals surface area contributed by atoms with Gasteiger partial charge in [-0.15, -0.1) is 0 Å². The van der Waals surface area contributed by atoms with Crippen LogP contribution in [0.2, 0.25) is 0 Å². The van der Waals surface area contributed by atoms with Gasteiger partial charge >= 0.3 is 0 Å². The molecule has 8 heteroatoms. The van der Waals surface area contributed by atoms with Gasteiger partial charge in [-0.2, -0.15) is 0 Å². The van der Waals surface area contributed by atoms with Crippen LogP contribution in [0.1, 0.15) is 37.7 Å². The molecule has 2 aliphatic rings. The Kier molecular flexibility index (Phi) is 6.15. The van der Waals surface area contributed by atoms with Crippen LogP contribution in [0.15, 0.2) is 12.1 Å². The van der Waals surface area contributed by atoms with Gasteiger partial charge in [0, 0.05) is 18.2 Å². The van der Waals surface area contributed by atoms with Crippen LogP contribution in [0.4, 0.5) is 5.69 Å². The maximum Gasteiger partial charge on any atom is 0.276 e. The van der Waals surface area contributed by atoms with Gasteiger partial charge in [-0.1, -0.05) is 12.8 Å². The topological polar surface area (TPSA) is 103 Å². The lowest BCUT2D eigenvalue weighted by atomic mass is 9.85. The molecule has 1 aromatic rings. The van der Waals surface area contributed by atoms with Crippen molar-refractivity contribution in [3.05, 3.63) is 27.8 Å². The van der Waals surface area contributed by atoms with E-state index in [4.69, 9.17) is 9.47 Å². The smallest absolute Gasteiger partial charge is 0.276 e. The Hall–Kier alpha value is -2.35. The zero-order valence-electron chi connectivity index (χ0n) is 15.8. The molecule has 0 radical (unpaired) electrons. The van der Waals surface area contributed by atoms with Crippen molar-refractivity contribution in [3.63, 3.8) is 0 Å². The van der Waals surface area contributed by atoms with Crippen molar-refractivity contribution in [2.45, 2.75) is 50.6 Å². The van der Waals surface area contributed by atoms with E-state index in [1.807, 2.05) is 0 Å². The molecule has 1 saturated heterocycles. The van der Waals surface area contributed by atoms with Crippen LogP contribution in [-0.4, -0.2) is 43.7 Å². The molecule has 3 unspecified atom stereocenters. The van der Waals surface area contributed by atoms with Gasteiger partial charge in [-0.25, -0.2) is 0 Å². The molecule has 1 amide bonds. The predicted molar refractivity (Wildman–Crippen MR) is 100 cm³/mol. The molecule has 3 atom stereocenters. The number of fused-ring (bicyclic) bond motifs is 1. The van der Waals surface area contributed by atoms with Crippen molar-refractivity contribution in [3.8, 4) is 11.5 Å². The third kappa shape index (κ3) is 4.32. The number of carbonyl (C=O) groups excluding carboxylic acids is 1. The molecule has 3 rings (SSSR count). The van der Waals surface area contributed by atoms with E-state index in [1.165, 1.54) is 39.5 Å². The van der Waals surface area contributed by atoms with Crippen molar-refractivity contribution >= 4 is 11.6 Å². The number of hydrogen-bond donors (Lipinski definition) is 2. The first-order chi connectivity index (χ1) is 13.0. The minimum absolute atomic E-state index is 0.0208. The van der Waals surface area contributed by atoms with Crippen LogP contribution in [0.25, 0.3) is 0 Å². The minimum Gasteiger partial charge on any atom is -0.493 e. The lowest BCUT2D eigenvalue weighted by molar-refractivity contribution is -0.385. The molecule has 27 heavy (non-hydrogen) atoms. The average Bonchev–Trinajstić information content (AvgIpc) is 3.11.